The van der Waals surface area contributed by atoms with Crippen LogP contribution in [0, 0.1) is 0 Å². The first-order valence-electron chi connectivity index (χ1n) is 9.55. The number of carboxylic acid groups (broad SMARTS) is 1. The minimum Gasteiger partial charge on any atom is -0.481 e. The van der Waals surface area contributed by atoms with Crippen LogP contribution < -0.4 is 10.6 Å². The molecule has 6 heteroatoms. The van der Waals surface area contributed by atoms with E-state index in [4.69, 9.17) is 5.11 Å². The predicted octanol–water partition coefficient (Wildman–Crippen LogP) is 2.64. The van der Waals surface area contributed by atoms with Crippen molar-refractivity contribution in [2.75, 3.05) is 20.1 Å². The van der Waals surface area contributed by atoms with Crippen LogP contribution in [0.25, 0.3) is 0 Å². The summed E-state index contributed by atoms with van der Waals surface area (Å²) in [5, 5.41) is 14.8. The Labute approximate surface area is 156 Å². The molecule has 2 rings (SSSR count). The van der Waals surface area contributed by atoms with E-state index < -0.39 is 5.97 Å². The second-order valence-corrected chi connectivity index (χ2v) is 7.14. The van der Waals surface area contributed by atoms with Gasteiger partial charge < -0.3 is 20.6 Å². The van der Waals surface area contributed by atoms with Crippen LogP contribution in [0.15, 0.2) is 30.3 Å². The fraction of sp³-hybridized carbons (Fsp3) is 0.600. The van der Waals surface area contributed by atoms with Gasteiger partial charge in [0.2, 0.25) is 0 Å². The lowest BCUT2D eigenvalue weighted by molar-refractivity contribution is -0.137. The highest BCUT2D eigenvalue weighted by Crippen LogP contribution is 2.21. The zero-order valence-corrected chi connectivity index (χ0v) is 15.6. The third-order valence-corrected chi connectivity index (χ3v) is 5.06. The van der Waals surface area contributed by atoms with Crippen LogP contribution in [-0.2, 0) is 11.2 Å². The smallest absolute Gasteiger partial charge is 0.315 e. The minimum atomic E-state index is -0.844. The number of carbonyl (C=O) groups excluding carboxylic acids is 1. The molecule has 0 saturated heterocycles. The van der Waals surface area contributed by atoms with E-state index >= 15 is 0 Å². The number of nitrogens with zero attached hydrogens (tertiary/aromatic N) is 1. The molecule has 0 radical (unpaired) electrons. The molecule has 0 heterocycles. The molecular formula is C20H31N3O3. The van der Waals surface area contributed by atoms with Gasteiger partial charge in [-0.15, -0.1) is 0 Å². The second kappa shape index (κ2) is 10.8. The van der Waals surface area contributed by atoms with Gasteiger partial charge in [0.05, 0.1) is 0 Å². The first-order valence-corrected chi connectivity index (χ1v) is 9.55. The lowest BCUT2D eigenvalue weighted by atomic mass is 10.0. The third kappa shape index (κ3) is 7.44. The van der Waals surface area contributed by atoms with Crippen LogP contribution >= 0.6 is 0 Å². The molecule has 1 unspecified atom stereocenters. The molecule has 0 aromatic heterocycles. The Morgan fingerprint density at radius 3 is 2.58 bits per heavy atom. The monoisotopic (exact) mass is 361 g/mol. The molecule has 2 amide bonds. The van der Waals surface area contributed by atoms with Gasteiger partial charge in [-0.05, 0) is 38.3 Å². The summed E-state index contributed by atoms with van der Waals surface area (Å²) in [4.78, 5) is 25.4. The normalized spacial score (nSPS) is 15.8. The Morgan fingerprint density at radius 1 is 1.23 bits per heavy atom. The quantitative estimate of drug-likeness (QED) is 0.598. The summed E-state index contributed by atoms with van der Waals surface area (Å²) in [6, 6.07) is 10.0. The molecule has 3 N–H and O–H groups in total. The van der Waals surface area contributed by atoms with Crippen molar-refractivity contribution in [2.24, 2.45) is 0 Å². The number of aliphatic carboxylic acids is 1. The van der Waals surface area contributed by atoms with Crippen molar-refractivity contribution in [3.05, 3.63) is 35.9 Å². The average molecular weight is 361 g/mol. The number of hydrogen-bond acceptors (Lipinski definition) is 3. The van der Waals surface area contributed by atoms with E-state index in [1.807, 2.05) is 30.3 Å². The number of nitrogens with one attached hydrogen (secondary N) is 2. The lowest BCUT2D eigenvalue weighted by Crippen LogP contribution is -2.46. The number of carbonyl (C=O) groups is 2. The fourth-order valence-corrected chi connectivity index (χ4v) is 3.53. The van der Waals surface area contributed by atoms with E-state index in [-0.39, 0.29) is 18.5 Å². The van der Waals surface area contributed by atoms with Crippen LogP contribution in [0.4, 0.5) is 4.79 Å². The summed E-state index contributed by atoms with van der Waals surface area (Å²) < 4.78 is 0. The first-order chi connectivity index (χ1) is 12.5. The molecule has 1 aliphatic carbocycles. The van der Waals surface area contributed by atoms with Gasteiger partial charge in [0.1, 0.15) is 0 Å². The zero-order valence-electron chi connectivity index (χ0n) is 15.6. The highest BCUT2D eigenvalue weighted by molar-refractivity contribution is 5.74. The van der Waals surface area contributed by atoms with Crippen LogP contribution in [0.1, 0.15) is 44.1 Å². The number of carboxylic acids is 1. The molecular weight excluding hydrogens is 330 g/mol. The minimum absolute atomic E-state index is 0.0438. The van der Waals surface area contributed by atoms with Crippen LogP contribution in [0.2, 0.25) is 0 Å². The molecule has 1 saturated carbocycles. The van der Waals surface area contributed by atoms with E-state index in [1.54, 1.807) is 0 Å². The van der Waals surface area contributed by atoms with E-state index in [1.165, 1.54) is 25.7 Å². The summed E-state index contributed by atoms with van der Waals surface area (Å²) in [6.07, 6.45) is 6.18. The predicted molar refractivity (Wildman–Crippen MR) is 102 cm³/mol. The van der Waals surface area contributed by atoms with Gasteiger partial charge in [-0.2, -0.15) is 0 Å². The van der Waals surface area contributed by atoms with Crippen molar-refractivity contribution in [2.45, 2.75) is 57.0 Å². The van der Waals surface area contributed by atoms with E-state index in [0.29, 0.717) is 25.4 Å². The SMILES string of the molecule is CN(CCNC(=O)NC(CCC(=O)O)Cc1ccccc1)C1CCCC1. The summed E-state index contributed by atoms with van der Waals surface area (Å²) in [6.45, 7) is 1.42. The number of amides is 2. The molecule has 26 heavy (non-hydrogen) atoms. The largest absolute Gasteiger partial charge is 0.481 e. The number of urea groups is 1. The van der Waals surface area contributed by atoms with Crippen molar-refractivity contribution < 1.29 is 14.7 Å². The van der Waals surface area contributed by atoms with E-state index in [9.17, 15) is 9.59 Å². The molecule has 1 aliphatic rings. The first kappa shape index (κ1) is 20.2. The highest BCUT2D eigenvalue weighted by atomic mass is 16.4. The molecule has 0 aliphatic heterocycles. The zero-order chi connectivity index (χ0) is 18.8. The van der Waals surface area contributed by atoms with Gasteiger partial charge in [0.25, 0.3) is 0 Å². The summed E-state index contributed by atoms with van der Waals surface area (Å²) >= 11 is 0. The summed E-state index contributed by atoms with van der Waals surface area (Å²) in [7, 11) is 2.11. The topological polar surface area (TPSA) is 81.7 Å². The number of benzene rings is 1. The van der Waals surface area contributed by atoms with Crippen molar-refractivity contribution in [3.63, 3.8) is 0 Å². The van der Waals surface area contributed by atoms with Gasteiger partial charge in [-0.3, -0.25) is 4.79 Å². The molecule has 6 nitrogen and oxygen atoms in total. The van der Waals surface area contributed by atoms with Crippen LogP contribution in [0.5, 0.6) is 0 Å². The van der Waals surface area contributed by atoms with Crippen molar-refractivity contribution in [1.29, 1.82) is 0 Å². The van der Waals surface area contributed by atoms with E-state index in [0.717, 1.165) is 12.1 Å². The molecule has 1 aromatic rings. The maximum atomic E-state index is 12.2. The van der Waals surface area contributed by atoms with Gasteiger partial charge in [-0.1, -0.05) is 43.2 Å². The molecule has 0 spiro atoms. The van der Waals surface area contributed by atoms with Crippen molar-refractivity contribution in [1.82, 2.24) is 15.5 Å². The Kier molecular flexibility index (Phi) is 8.41. The number of likely N-dealkylation sites (N-methyl/N-ethyl adjacent to an activating group) is 1. The Balaban J connectivity index is 1.75. The standard InChI is InChI=1S/C20H31N3O3/c1-23(18-9-5-6-10-18)14-13-21-20(26)22-17(11-12-19(24)25)15-16-7-3-2-4-8-16/h2-4,7-8,17-18H,5-6,9-15H2,1H3,(H,24,25)(H2,21,22,26). The average Bonchev–Trinajstić information content (AvgIpc) is 3.15. The van der Waals surface area contributed by atoms with Gasteiger partial charge >= 0.3 is 12.0 Å². The maximum absolute atomic E-state index is 12.2. The van der Waals surface area contributed by atoms with Crippen molar-refractivity contribution in [3.8, 4) is 0 Å². The molecule has 1 aromatic carbocycles. The fourth-order valence-electron chi connectivity index (χ4n) is 3.53. The highest BCUT2D eigenvalue weighted by Gasteiger charge is 2.19. The summed E-state index contributed by atoms with van der Waals surface area (Å²) in [5.74, 6) is -0.844. The van der Waals surface area contributed by atoms with Gasteiger partial charge in [0, 0.05) is 31.6 Å². The molecule has 144 valence electrons. The molecule has 1 atom stereocenters. The third-order valence-electron chi connectivity index (χ3n) is 5.06. The second-order valence-electron chi connectivity index (χ2n) is 7.14. The van der Waals surface area contributed by atoms with Crippen LogP contribution in [0.3, 0.4) is 0 Å². The Bertz CT molecular complexity index is 559. The Hall–Kier alpha value is -2.08. The number of rotatable bonds is 10. The summed E-state index contributed by atoms with van der Waals surface area (Å²) in [5.41, 5.74) is 1.09. The van der Waals surface area contributed by atoms with E-state index in [2.05, 4.69) is 22.6 Å². The lowest BCUT2D eigenvalue weighted by Gasteiger charge is -2.24. The van der Waals surface area contributed by atoms with Gasteiger partial charge in [-0.25, -0.2) is 4.79 Å². The molecule has 1 fully saturated rings. The Morgan fingerprint density at radius 2 is 1.92 bits per heavy atom. The van der Waals surface area contributed by atoms with Gasteiger partial charge in [0.15, 0.2) is 0 Å². The molecule has 0 bridgehead atoms. The number of hydrogen-bond donors (Lipinski definition) is 3. The van der Waals surface area contributed by atoms with Crippen LogP contribution in [-0.4, -0.2) is 54.2 Å². The maximum Gasteiger partial charge on any atom is 0.315 e. The van der Waals surface area contributed by atoms with Crippen molar-refractivity contribution >= 4 is 12.0 Å².